The lowest BCUT2D eigenvalue weighted by Crippen LogP contribution is -2.28. The number of anilines is 3. The van der Waals surface area contributed by atoms with E-state index in [2.05, 4.69) is 241 Å². The monoisotopic (exact) mass is 817 g/mol. The molecule has 0 N–H and O–H groups in total. The summed E-state index contributed by atoms with van der Waals surface area (Å²) in [6, 6.07) is 87.9. The van der Waals surface area contributed by atoms with Crippen LogP contribution in [0.2, 0.25) is 0 Å². The van der Waals surface area contributed by atoms with E-state index < -0.39 is 5.41 Å². The lowest BCUT2D eigenvalue weighted by molar-refractivity contribution is 0.769. The zero-order chi connectivity index (χ0) is 41.5. The molecule has 1 aromatic heterocycles. The Balaban J connectivity index is 1.11. The number of hydrogen-bond donors (Lipinski definition) is 0. The van der Waals surface area contributed by atoms with Gasteiger partial charge in [0.15, 0.2) is 0 Å². The van der Waals surface area contributed by atoms with E-state index in [0.717, 1.165) is 17.1 Å². The zero-order valence-electron chi connectivity index (χ0n) is 34.4. The highest BCUT2D eigenvalue weighted by molar-refractivity contribution is 7.26. The fourth-order valence-corrected chi connectivity index (χ4v) is 12.1. The predicted molar refractivity (Wildman–Crippen MR) is 269 cm³/mol. The van der Waals surface area contributed by atoms with Crippen molar-refractivity contribution in [1.82, 2.24) is 0 Å². The van der Waals surface area contributed by atoms with Crippen LogP contribution >= 0.6 is 11.3 Å². The number of thiophene rings is 1. The van der Waals surface area contributed by atoms with Crippen molar-refractivity contribution in [2.75, 3.05) is 4.90 Å². The maximum absolute atomic E-state index is 2.50. The van der Waals surface area contributed by atoms with Crippen LogP contribution in [0.3, 0.4) is 0 Å². The lowest BCUT2D eigenvalue weighted by atomic mass is 9.67. The van der Waals surface area contributed by atoms with Crippen LogP contribution in [0, 0.1) is 0 Å². The Bertz CT molecular complexity index is 3640. The molecule has 11 aromatic carbocycles. The maximum atomic E-state index is 2.50. The summed E-state index contributed by atoms with van der Waals surface area (Å²) in [6.07, 6.45) is 0. The average molecular weight is 818 g/mol. The number of benzene rings is 11. The third-order valence-electron chi connectivity index (χ3n) is 13.5. The first kappa shape index (κ1) is 35.9. The molecule has 1 aliphatic rings. The first-order valence-corrected chi connectivity index (χ1v) is 22.6. The first-order valence-electron chi connectivity index (χ1n) is 21.8. The molecule has 63 heavy (non-hydrogen) atoms. The van der Waals surface area contributed by atoms with Crippen LogP contribution < -0.4 is 4.90 Å². The Morgan fingerprint density at radius 3 is 1.44 bits per heavy atom. The second kappa shape index (κ2) is 14.1. The van der Waals surface area contributed by atoms with Crippen molar-refractivity contribution >= 4 is 80.9 Å². The highest BCUT2D eigenvalue weighted by atomic mass is 32.1. The van der Waals surface area contributed by atoms with Gasteiger partial charge in [-0.25, -0.2) is 0 Å². The van der Waals surface area contributed by atoms with Gasteiger partial charge in [0.2, 0.25) is 0 Å². The van der Waals surface area contributed by atoms with Gasteiger partial charge in [-0.15, -0.1) is 11.3 Å². The van der Waals surface area contributed by atoms with Crippen LogP contribution in [0.15, 0.2) is 237 Å². The van der Waals surface area contributed by atoms with Gasteiger partial charge in [-0.2, -0.15) is 0 Å². The third-order valence-corrected chi connectivity index (χ3v) is 14.7. The minimum atomic E-state index is -0.561. The number of rotatable bonds is 6. The fraction of sp³-hybridized carbons (Fsp3) is 0.0164. The van der Waals surface area contributed by atoms with Gasteiger partial charge in [-0.3, -0.25) is 0 Å². The molecule has 0 fully saturated rings. The Morgan fingerprint density at radius 2 is 0.794 bits per heavy atom. The lowest BCUT2D eigenvalue weighted by Gasteiger charge is -2.35. The molecule has 1 nitrogen and oxygen atoms in total. The topological polar surface area (TPSA) is 3.24 Å². The first-order chi connectivity index (χ1) is 31.3. The van der Waals surface area contributed by atoms with Gasteiger partial charge >= 0.3 is 0 Å². The van der Waals surface area contributed by atoms with E-state index in [4.69, 9.17) is 0 Å². The summed E-state index contributed by atoms with van der Waals surface area (Å²) in [5.74, 6) is 0. The molecule has 0 spiro atoms. The molecule has 2 heteroatoms. The second-order valence-corrected chi connectivity index (χ2v) is 17.8. The van der Waals surface area contributed by atoms with Gasteiger partial charge in [0.05, 0.1) is 5.41 Å². The summed E-state index contributed by atoms with van der Waals surface area (Å²) in [5.41, 5.74) is 12.9. The molecule has 0 atom stereocenters. The Morgan fingerprint density at radius 1 is 0.317 bits per heavy atom. The molecule has 13 rings (SSSR count). The summed E-state index contributed by atoms with van der Waals surface area (Å²) in [5, 5.41) is 10.2. The molecule has 0 saturated carbocycles. The van der Waals surface area contributed by atoms with Gasteiger partial charge < -0.3 is 4.90 Å². The molecule has 12 aromatic rings. The van der Waals surface area contributed by atoms with Crippen molar-refractivity contribution in [1.29, 1.82) is 0 Å². The maximum Gasteiger partial charge on any atom is 0.0714 e. The molecule has 1 aliphatic carbocycles. The molecule has 0 saturated heterocycles. The van der Waals surface area contributed by atoms with E-state index in [9.17, 15) is 0 Å². The Hall–Kier alpha value is -7.78. The summed E-state index contributed by atoms with van der Waals surface area (Å²) >= 11 is 1.92. The number of nitrogens with zero attached hydrogens (tertiary/aromatic N) is 1. The van der Waals surface area contributed by atoms with Crippen LogP contribution in [0.1, 0.15) is 22.3 Å². The number of hydrogen-bond acceptors (Lipinski definition) is 2. The van der Waals surface area contributed by atoms with Crippen LogP contribution in [-0.2, 0) is 5.41 Å². The molecule has 0 aliphatic heterocycles. The highest BCUT2D eigenvalue weighted by Gasteiger charge is 2.47. The summed E-state index contributed by atoms with van der Waals surface area (Å²) in [6.45, 7) is 0. The molecular weight excluding hydrogens is 779 g/mol. The molecule has 1 heterocycles. The smallest absolute Gasteiger partial charge is 0.0714 e. The van der Waals surface area contributed by atoms with E-state index in [1.54, 1.807) is 0 Å². The molecule has 294 valence electrons. The molecule has 0 radical (unpaired) electrons. The van der Waals surface area contributed by atoms with E-state index >= 15 is 0 Å². The van der Waals surface area contributed by atoms with Crippen molar-refractivity contribution in [2.24, 2.45) is 0 Å². The SMILES string of the molecule is c1ccc(-c2ccc(N(c3ccc4c(c3)C(c3ccccc3)(c3ccccc3)c3ccc5c(sc6ccccc65)c3-4)c3ccc4c5ccccc5c5ccccc5c4c3)cc2)cc1. The van der Waals surface area contributed by atoms with Gasteiger partial charge in [0.25, 0.3) is 0 Å². The van der Waals surface area contributed by atoms with Gasteiger partial charge in [-0.05, 0) is 114 Å². The minimum Gasteiger partial charge on any atom is -0.310 e. The highest BCUT2D eigenvalue weighted by Crippen LogP contribution is 2.60. The summed E-state index contributed by atoms with van der Waals surface area (Å²) in [7, 11) is 0. The Labute approximate surface area is 370 Å². The normalized spacial score (nSPS) is 12.9. The Kier molecular flexibility index (Phi) is 8.06. The van der Waals surface area contributed by atoms with E-state index in [1.807, 2.05) is 11.3 Å². The van der Waals surface area contributed by atoms with Crippen LogP contribution in [0.25, 0.3) is 74.7 Å². The molecule has 0 amide bonds. The fourth-order valence-electron chi connectivity index (χ4n) is 10.8. The largest absolute Gasteiger partial charge is 0.310 e. The van der Waals surface area contributed by atoms with Crippen molar-refractivity contribution in [3.8, 4) is 22.3 Å². The second-order valence-electron chi connectivity index (χ2n) is 16.7. The molecular formula is C61H39NS. The van der Waals surface area contributed by atoms with Gasteiger partial charge in [0, 0.05) is 42.8 Å². The van der Waals surface area contributed by atoms with E-state index in [0.29, 0.717) is 0 Å². The van der Waals surface area contributed by atoms with Crippen LogP contribution in [-0.4, -0.2) is 0 Å². The minimum absolute atomic E-state index is 0.561. The summed E-state index contributed by atoms with van der Waals surface area (Å²) < 4.78 is 2.66. The van der Waals surface area contributed by atoms with Crippen molar-refractivity contribution in [3.05, 3.63) is 259 Å². The van der Waals surface area contributed by atoms with Crippen molar-refractivity contribution in [2.45, 2.75) is 5.41 Å². The van der Waals surface area contributed by atoms with Gasteiger partial charge in [-0.1, -0.05) is 194 Å². The van der Waals surface area contributed by atoms with E-state index in [-0.39, 0.29) is 0 Å². The van der Waals surface area contributed by atoms with Crippen molar-refractivity contribution in [3.63, 3.8) is 0 Å². The molecule has 0 unspecified atom stereocenters. The standard InChI is InChI=1S/C61H39NS/c1-4-16-40(17-5-1)41-28-30-44(31-29-41)62(45-32-34-51-49-24-11-10-22-47(49)48-23-12-13-25-50(48)55(51)38-45)46-33-35-54-57(39-46)61(42-18-6-2-7-19-42,43-20-8-3-9-21-43)56-37-36-53-52-26-14-15-27-58(52)63-60(53)59(54)56/h1-39H. The van der Waals surface area contributed by atoms with Crippen LogP contribution in [0.4, 0.5) is 17.1 Å². The quantitative estimate of drug-likeness (QED) is 0.151. The predicted octanol–water partition coefficient (Wildman–Crippen LogP) is 17.0. The third kappa shape index (κ3) is 5.35. The average Bonchev–Trinajstić information content (AvgIpc) is 3.89. The van der Waals surface area contributed by atoms with E-state index in [1.165, 1.54) is 97.0 Å². The van der Waals surface area contributed by atoms with Crippen molar-refractivity contribution < 1.29 is 0 Å². The summed E-state index contributed by atoms with van der Waals surface area (Å²) in [4.78, 5) is 2.47. The van der Waals surface area contributed by atoms with Gasteiger partial charge in [0.1, 0.15) is 0 Å². The molecule has 0 bridgehead atoms. The zero-order valence-corrected chi connectivity index (χ0v) is 35.2. The number of fused-ring (bicyclic) bond motifs is 13. The van der Waals surface area contributed by atoms with Crippen LogP contribution in [0.5, 0.6) is 0 Å².